The number of carbonyl (C=O) groups excluding carboxylic acids is 2. The first-order valence-electron chi connectivity index (χ1n) is 9.66. The van der Waals surface area contributed by atoms with Crippen LogP contribution in [-0.2, 0) is 32.5 Å². The van der Waals surface area contributed by atoms with Crippen LogP contribution >= 0.6 is 31.3 Å². The van der Waals surface area contributed by atoms with E-state index in [1.54, 1.807) is 0 Å². The van der Waals surface area contributed by atoms with Crippen molar-refractivity contribution in [2.24, 2.45) is 0 Å². The summed E-state index contributed by atoms with van der Waals surface area (Å²) in [4.78, 5) is 47.3. The molecule has 13 nitrogen and oxygen atoms in total. The van der Waals surface area contributed by atoms with Gasteiger partial charge in [0.2, 0.25) is 0 Å². The van der Waals surface area contributed by atoms with E-state index < -0.39 is 50.2 Å². The highest BCUT2D eigenvalue weighted by Gasteiger charge is 2.45. The quantitative estimate of drug-likeness (QED) is 0.241. The summed E-state index contributed by atoms with van der Waals surface area (Å²) in [6.07, 6.45) is -4.53. The molecule has 1 aromatic rings. The maximum absolute atomic E-state index is 12.9. The molecular formula is C17H25N2O11PS2. The van der Waals surface area contributed by atoms with E-state index in [0.717, 1.165) is 40.4 Å². The van der Waals surface area contributed by atoms with Crippen molar-refractivity contribution < 1.29 is 42.7 Å². The minimum atomic E-state index is -4.18. The highest BCUT2D eigenvalue weighted by molar-refractivity contribution is 8.13. The molecule has 0 amide bonds. The van der Waals surface area contributed by atoms with Crippen LogP contribution in [0.2, 0.25) is 0 Å². The summed E-state index contributed by atoms with van der Waals surface area (Å²) in [6.45, 7) is 1.90. The largest absolute Gasteiger partial charge is 0.474 e. The molecule has 16 heteroatoms. The summed E-state index contributed by atoms with van der Waals surface area (Å²) in [5.74, 6) is 0.374. The Morgan fingerprint density at radius 1 is 1.09 bits per heavy atom. The van der Waals surface area contributed by atoms with Crippen LogP contribution in [0.5, 0.6) is 0 Å². The average molecular weight is 528 g/mol. The normalized spacial score (nSPS) is 23.0. The molecule has 4 atom stereocenters. The number of phosphoric acid groups is 1. The first-order chi connectivity index (χ1) is 15.5. The van der Waals surface area contributed by atoms with E-state index in [0.29, 0.717) is 0 Å². The number of hydrogen-bond donors (Lipinski definition) is 3. The van der Waals surface area contributed by atoms with Gasteiger partial charge in [0.15, 0.2) is 16.5 Å². The van der Waals surface area contributed by atoms with Gasteiger partial charge in [0, 0.05) is 37.6 Å². The van der Waals surface area contributed by atoms with Crippen LogP contribution in [0.15, 0.2) is 21.9 Å². The Kier molecular flexibility index (Phi) is 11.0. The maximum Gasteiger partial charge on any atom is 0.474 e. The van der Waals surface area contributed by atoms with Crippen LogP contribution in [0.3, 0.4) is 0 Å². The van der Waals surface area contributed by atoms with E-state index >= 15 is 0 Å². The Labute approximate surface area is 196 Å². The average Bonchev–Trinajstić information content (AvgIpc) is 3.01. The van der Waals surface area contributed by atoms with Crippen molar-refractivity contribution >= 4 is 41.6 Å². The third-order valence-corrected chi connectivity index (χ3v) is 7.15. The Hall–Kier alpha value is -1.29. The second-order valence-electron chi connectivity index (χ2n) is 6.65. The van der Waals surface area contributed by atoms with Gasteiger partial charge in [-0.25, -0.2) is 9.36 Å². The lowest BCUT2D eigenvalue weighted by Crippen LogP contribution is -2.37. The van der Waals surface area contributed by atoms with Crippen molar-refractivity contribution in [1.29, 1.82) is 0 Å². The van der Waals surface area contributed by atoms with Gasteiger partial charge in [-0.1, -0.05) is 23.5 Å². The summed E-state index contributed by atoms with van der Waals surface area (Å²) in [5.41, 5.74) is -1.51. The number of thioether (sulfide) groups is 2. The number of aromatic amines is 1. The molecule has 33 heavy (non-hydrogen) atoms. The predicted molar refractivity (Wildman–Crippen MR) is 119 cm³/mol. The van der Waals surface area contributed by atoms with E-state index in [1.165, 1.54) is 13.8 Å². The van der Waals surface area contributed by atoms with Crippen molar-refractivity contribution in [1.82, 2.24) is 9.55 Å². The monoisotopic (exact) mass is 528 g/mol. The minimum absolute atomic E-state index is 0.145. The Morgan fingerprint density at radius 3 is 2.18 bits per heavy atom. The lowest BCUT2D eigenvalue weighted by molar-refractivity contribution is -0.109. The summed E-state index contributed by atoms with van der Waals surface area (Å²) in [5, 5.41) is 20.2. The van der Waals surface area contributed by atoms with Gasteiger partial charge in [0.1, 0.15) is 18.3 Å². The number of nitrogens with zero attached hydrogens (tertiary/aromatic N) is 1. The van der Waals surface area contributed by atoms with Crippen molar-refractivity contribution in [3.63, 3.8) is 0 Å². The second kappa shape index (κ2) is 13.0. The van der Waals surface area contributed by atoms with Crippen LogP contribution in [0.4, 0.5) is 0 Å². The lowest BCUT2D eigenvalue weighted by atomic mass is 10.1. The standard InChI is InChI=1S/C17H25N2O11PS2/c1-10(20)32-7-5-27-31(26,28-6-8-33-11(2)21)29-9-12-14(23)15(24)16(30-12)19-4-3-13(22)18-17(19)25/h3-4,12,14-16,23-24H,5-9H2,1-2H3,(H,18,22,25)/t12-,14-,15-,16-/m1/s1. The van der Waals surface area contributed by atoms with Crippen LogP contribution in [0, 0.1) is 0 Å². The smallest absolute Gasteiger partial charge is 0.387 e. The van der Waals surface area contributed by atoms with Gasteiger partial charge in [-0.3, -0.25) is 37.5 Å². The van der Waals surface area contributed by atoms with Crippen molar-refractivity contribution in [2.45, 2.75) is 38.4 Å². The van der Waals surface area contributed by atoms with Gasteiger partial charge < -0.3 is 14.9 Å². The van der Waals surface area contributed by atoms with E-state index in [4.69, 9.17) is 18.3 Å². The van der Waals surface area contributed by atoms with Crippen molar-refractivity contribution in [3.05, 3.63) is 33.1 Å². The van der Waals surface area contributed by atoms with E-state index in [-0.39, 0.29) is 35.0 Å². The Bertz CT molecular complexity index is 958. The van der Waals surface area contributed by atoms with Crippen LogP contribution in [-0.4, -0.2) is 79.6 Å². The van der Waals surface area contributed by atoms with Crippen molar-refractivity contribution in [3.8, 4) is 0 Å². The molecular weight excluding hydrogens is 503 g/mol. The fraction of sp³-hybridized carbons (Fsp3) is 0.647. The third kappa shape index (κ3) is 8.77. The molecule has 1 saturated heterocycles. The fourth-order valence-electron chi connectivity index (χ4n) is 2.67. The lowest BCUT2D eigenvalue weighted by Gasteiger charge is -2.21. The number of rotatable bonds is 12. The highest BCUT2D eigenvalue weighted by atomic mass is 32.2. The molecule has 186 valence electrons. The van der Waals surface area contributed by atoms with Gasteiger partial charge in [-0.05, 0) is 0 Å². The summed E-state index contributed by atoms with van der Waals surface area (Å²) < 4.78 is 35.0. The highest BCUT2D eigenvalue weighted by Crippen LogP contribution is 2.50. The summed E-state index contributed by atoms with van der Waals surface area (Å²) in [7, 11) is -4.18. The molecule has 1 aromatic heterocycles. The maximum atomic E-state index is 12.9. The molecule has 2 rings (SSSR count). The third-order valence-electron chi connectivity index (χ3n) is 4.14. The Morgan fingerprint density at radius 2 is 1.67 bits per heavy atom. The number of aromatic nitrogens is 2. The number of phosphoric ester groups is 1. The van der Waals surface area contributed by atoms with E-state index in [9.17, 15) is 34.0 Å². The minimum Gasteiger partial charge on any atom is -0.387 e. The van der Waals surface area contributed by atoms with Crippen LogP contribution in [0.25, 0.3) is 0 Å². The molecule has 1 aliphatic rings. The number of aliphatic hydroxyl groups excluding tert-OH is 2. The number of nitrogens with one attached hydrogen (secondary N) is 1. The van der Waals surface area contributed by atoms with E-state index in [2.05, 4.69) is 0 Å². The second-order valence-corrected chi connectivity index (χ2v) is 10.9. The molecule has 0 radical (unpaired) electrons. The van der Waals surface area contributed by atoms with Gasteiger partial charge in [0.25, 0.3) is 5.56 Å². The fourth-order valence-corrected chi connectivity index (χ4v) is 5.01. The molecule has 1 fully saturated rings. The molecule has 0 unspecified atom stereocenters. The first-order valence-corrected chi connectivity index (χ1v) is 13.1. The number of carbonyl (C=O) groups is 2. The number of ether oxygens (including phenoxy) is 1. The number of hydrogen-bond acceptors (Lipinski definition) is 13. The molecule has 0 aromatic carbocycles. The van der Waals surface area contributed by atoms with E-state index in [1.807, 2.05) is 4.98 Å². The molecule has 0 bridgehead atoms. The van der Waals surface area contributed by atoms with Crippen LogP contribution < -0.4 is 11.2 Å². The molecule has 0 spiro atoms. The van der Waals surface area contributed by atoms with Gasteiger partial charge >= 0.3 is 13.5 Å². The molecule has 0 saturated carbocycles. The zero-order valence-corrected chi connectivity index (χ0v) is 20.3. The van der Waals surface area contributed by atoms with Gasteiger partial charge in [-0.2, -0.15) is 0 Å². The Balaban J connectivity index is 2.02. The summed E-state index contributed by atoms with van der Waals surface area (Å²) in [6, 6.07) is 1.04. The van der Waals surface area contributed by atoms with Crippen LogP contribution in [0.1, 0.15) is 20.1 Å². The summed E-state index contributed by atoms with van der Waals surface area (Å²) >= 11 is 1.90. The topological polar surface area (TPSA) is 183 Å². The SMILES string of the molecule is CC(=O)SCCOP(=O)(OCCSC(C)=O)OC[C@H]1O[C@@H](n2ccc(=O)[nH]c2=O)[C@H](O)[C@@H]1O. The van der Waals surface area contributed by atoms with Gasteiger partial charge in [0.05, 0.1) is 19.8 Å². The zero-order chi connectivity index (χ0) is 24.6. The number of aliphatic hydroxyl groups is 2. The van der Waals surface area contributed by atoms with Crippen molar-refractivity contribution in [2.75, 3.05) is 31.3 Å². The van der Waals surface area contributed by atoms with Gasteiger partial charge in [-0.15, -0.1) is 0 Å². The molecule has 0 aliphatic carbocycles. The first kappa shape index (κ1) is 28.0. The molecule has 3 N–H and O–H groups in total. The predicted octanol–water partition coefficient (Wildman–Crippen LogP) is -0.127. The molecule has 1 aliphatic heterocycles. The molecule has 2 heterocycles. The zero-order valence-electron chi connectivity index (χ0n) is 17.8. The number of H-pyrrole nitrogens is 1.